The number of hydrogen-bond acceptors (Lipinski definition) is 5. The first kappa shape index (κ1) is 17.6. The minimum atomic E-state index is 0.277. The summed E-state index contributed by atoms with van der Waals surface area (Å²) in [5.74, 6) is 0.277. The van der Waals surface area contributed by atoms with Crippen LogP contribution in [-0.4, -0.2) is 51.9 Å². The Labute approximate surface area is 159 Å². The van der Waals surface area contributed by atoms with E-state index in [0.29, 0.717) is 17.9 Å². The van der Waals surface area contributed by atoms with Gasteiger partial charge >= 0.3 is 0 Å². The Bertz CT molecular complexity index is 726. The van der Waals surface area contributed by atoms with Gasteiger partial charge in [0.2, 0.25) is 5.91 Å². The number of carbonyl (C=O) groups excluding carboxylic acids is 1. The Morgan fingerprint density at radius 1 is 1.31 bits per heavy atom. The fraction of sp³-hybridized carbons (Fsp3) is 0.550. The van der Waals surface area contributed by atoms with Crippen LogP contribution in [-0.2, 0) is 17.8 Å². The Balaban J connectivity index is 1.23. The molecule has 1 saturated heterocycles. The zero-order chi connectivity index (χ0) is 18.0. The lowest BCUT2D eigenvalue weighted by Gasteiger charge is -2.34. The molecule has 2 fully saturated rings. The second-order valence-corrected chi connectivity index (χ2v) is 8.60. The van der Waals surface area contributed by atoms with Crippen molar-refractivity contribution in [1.82, 2.24) is 19.8 Å². The number of thiazole rings is 1. The summed E-state index contributed by atoms with van der Waals surface area (Å²) in [7, 11) is 2.21. The van der Waals surface area contributed by atoms with Crippen molar-refractivity contribution in [1.29, 1.82) is 0 Å². The van der Waals surface area contributed by atoms with E-state index in [1.807, 2.05) is 29.8 Å². The Hall–Kier alpha value is -1.79. The van der Waals surface area contributed by atoms with Crippen molar-refractivity contribution < 1.29 is 4.79 Å². The van der Waals surface area contributed by atoms with E-state index >= 15 is 0 Å². The number of likely N-dealkylation sites (tertiary alicyclic amines) is 1. The first-order valence-corrected chi connectivity index (χ1v) is 10.3. The summed E-state index contributed by atoms with van der Waals surface area (Å²) in [6.45, 7) is 2.75. The van der Waals surface area contributed by atoms with Crippen LogP contribution in [0.15, 0.2) is 36.0 Å². The molecule has 6 heteroatoms. The predicted octanol–water partition coefficient (Wildman–Crippen LogP) is 2.98. The van der Waals surface area contributed by atoms with Gasteiger partial charge in [-0.15, -0.1) is 11.3 Å². The first-order chi connectivity index (χ1) is 12.7. The van der Waals surface area contributed by atoms with E-state index < -0.39 is 0 Å². The molecule has 0 unspecified atom stereocenters. The minimum absolute atomic E-state index is 0.277. The average molecular weight is 371 g/mol. The normalized spacial score (nSPS) is 21.3. The summed E-state index contributed by atoms with van der Waals surface area (Å²) in [5.41, 5.74) is 1.43. The fourth-order valence-corrected chi connectivity index (χ4v) is 4.96. The third-order valence-corrected chi connectivity index (χ3v) is 6.74. The molecule has 0 radical (unpaired) electrons. The average Bonchev–Trinajstić information content (AvgIpc) is 3.11. The van der Waals surface area contributed by atoms with Crippen LogP contribution in [0.2, 0.25) is 0 Å². The Kier molecular flexibility index (Phi) is 5.05. The number of aromatic nitrogens is 2. The van der Waals surface area contributed by atoms with Crippen LogP contribution in [0.4, 0.5) is 0 Å². The zero-order valence-corrected chi connectivity index (χ0v) is 16.1. The molecule has 3 heterocycles. The summed E-state index contributed by atoms with van der Waals surface area (Å²) >= 11 is 1.73. The van der Waals surface area contributed by atoms with Crippen LogP contribution in [0.25, 0.3) is 0 Å². The molecule has 1 atom stereocenters. The molecule has 0 bridgehead atoms. The highest BCUT2D eigenvalue weighted by atomic mass is 32.1. The standard InChI is InChI=1S/C20H26N4OS/c1-23(15-18-22-10-13-26-18)17-14-20(17)7-11-24(12-8-20)19(25)6-5-16-4-2-3-9-21-16/h2-4,9-10,13,17H,5-8,11-12,14-15H2,1H3/t17-/m0/s1. The molecular weight excluding hydrogens is 344 g/mol. The van der Waals surface area contributed by atoms with Crippen molar-refractivity contribution >= 4 is 17.2 Å². The van der Waals surface area contributed by atoms with Gasteiger partial charge in [0, 0.05) is 49.0 Å². The maximum Gasteiger partial charge on any atom is 0.222 e. The van der Waals surface area contributed by atoms with E-state index in [-0.39, 0.29) is 5.91 Å². The first-order valence-electron chi connectivity index (χ1n) is 9.43. The molecule has 1 spiro atoms. The van der Waals surface area contributed by atoms with Crippen LogP contribution in [0.3, 0.4) is 0 Å². The number of pyridine rings is 1. The predicted molar refractivity (Wildman–Crippen MR) is 103 cm³/mol. The molecule has 2 aromatic heterocycles. The van der Waals surface area contributed by atoms with Crippen molar-refractivity contribution in [3.8, 4) is 0 Å². The molecule has 1 saturated carbocycles. The molecule has 1 aliphatic carbocycles. The van der Waals surface area contributed by atoms with Gasteiger partial charge in [0.15, 0.2) is 0 Å². The molecule has 0 aromatic carbocycles. The third kappa shape index (κ3) is 3.81. The second-order valence-electron chi connectivity index (χ2n) is 7.63. The van der Waals surface area contributed by atoms with Crippen molar-refractivity contribution in [2.45, 2.75) is 44.7 Å². The van der Waals surface area contributed by atoms with E-state index in [0.717, 1.165) is 44.6 Å². The molecule has 26 heavy (non-hydrogen) atoms. The monoisotopic (exact) mass is 370 g/mol. The topological polar surface area (TPSA) is 49.3 Å². The SMILES string of the molecule is CN(Cc1nccs1)[C@H]1CC12CCN(C(=O)CCc1ccccn1)CC2. The van der Waals surface area contributed by atoms with Crippen LogP contribution < -0.4 is 0 Å². The minimum Gasteiger partial charge on any atom is -0.343 e. The maximum atomic E-state index is 12.5. The number of nitrogens with zero attached hydrogens (tertiary/aromatic N) is 4. The summed E-state index contributed by atoms with van der Waals surface area (Å²) in [5, 5.41) is 3.23. The number of amides is 1. The summed E-state index contributed by atoms with van der Waals surface area (Å²) in [6, 6.07) is 6.53. The van der Waals surface area contributed by atoms with E-state index in [9.17, 15) is 4.79 Å². The molecule has 4 rings (SSSR count). The molecule has 138 valence electrons. The summed E-state index contributed by atoms with van der Waals surface area (Å²) in [6.07, 6.45) is 8.51. The van der Waals surface area contributed by atoms with Crippen LogP contribution in [0.1, 0.15) is 36.4 Å². The highest BCUT2D eigenvalue weighted by Crippen LogP contribution is 2.56. The van der Waals surface area contributed by atoms with Gasteiger partial charge < -0.3 is 4.90 Å². The van der Waals surface area contributed by atoms with Gasteiger partial charge in [0.05, 0.1) is 6.54 Å². The van der Waals surface area contributed by atoms with Gasteiger partial charge in [0.1, 0.15) is 5.01 Å². The van der Waals surface area contributed by atoms with Gasteiger partial charge in [-0.25, -0.2) is 4.98 Å². The fourth-order valence-electron chi connectivity index (χ4n) is 4.28. The van der Waals surface area contributed by atoms with E-state index in [2.05, 4.69) is 26.8 Å². The molecule has 1 amide bonds. The number of hydrogen-bond donors (Lipinski definition) is 0. The molecule has 2 aromatic rings. The summed E-state index contributed by atoms with van der Waals surface area (Å²) < 4.78 is 0. The third-order valence-electron chi connectivity index (χ3n) is 5.98. The van der Waals surface area contributed by atoms with E-state index in [1.54, 1.807) is 17.5 Å². The lowest BCUT2D eigenvalue weighted by Crippen LogP contribution is -2.41. The van der Waals surface area contributed by atoms with E-state index in [1.165, 1.54) is 11.4 Å². The molecular formula is C20H26N4OS. The highest BCUT2D eigenvalue weighted by molar-refractivity contribution is 7.09. The lowest BCUT2D eigenvalue weighted by molar-refractivity contribution is -0.132. The van der Waals surface area contributed by atoms with Crippen molar-refractivity contribution in [3.63, 3.8) is 0 Å². The maximum absolute atomic E-state index is 12.5. The largest absolute Gasteiger partial charge is 0.343 e. The number of rotatable bonds is 6. The molecule has 2 aliphatic rings. The van der Waals surface area contributed by atoms with Crippen LogP contribution in [0.5, 0.6) is 0 Å². The molecule has 1 aliphatic heterocycles. The van der Waals surface area contributed by atoms with Crippen molar-refractivity contribution in [3.05, 3.63) is 46.7 Å². The van der Waals surface area contributed by atoms with Gasteiger partial charge in [-0.2, -0.15) is 0 Å². The second kappa shape index (κ2) is 7.45. The highest BCUT2D eigenvalue weighted by Gasteiger charge is 2.56. The zero-order valence-electron chi connectivity index (χ0n) is 15.3. The van der Waals surface area contributed by atoms with Crippen molar-refractivity contribution in [2.24, 2.45) is 5.41 Å². The van der Waals surface area contributed by atoms with Crippen molar-refractivity contribution in [2.75, 3.05) is 20.1 Å². The number of aryl methyl sites for hydroxylation is 1. The lowest BCUT2D eigenvalue weighted by atomic mass is 9.92. The smallest absolute Gasteiger partial charge is 0.222 e. The number of carbonyl (C=O) groups is 1. The van der Waals surface area contributed by atoms with Gasteiger partial charge in [-0.1, -0.05) is 6.07 Å². The van der Waals surface area contributed by atoms with Gasteiger partial charge in [0.25, 0.3) is 0 Å². The Morgan fingerprint density at radius 2 is 2.15 bits per heavy atom. The van der Waals surface area contributed by atoms with Crippen LogP contribution in [0, 0.1) is 5.41 Å². The van der Waals surface area contributed by atoms with E-state index in [4.69, 9.17) is 0 Å². The van der Waals surface area contributed by atoms with Gasteiger partial charge in [-0.05, 0) is 50.3 Å². The summed E-state index contributed by atoms with van der Waals surface area (Å²) in [4.78, 5) is 25.7. The Morgan fingerprint density at radius 3 is 2.85 bits per heavy atom. The molecule has 5 nitrogen and oxygen atoms in total. The number of piperidine rings is 1. The van der Waals surface area contributed by atoms with Gasteiger partial charge in [-0.3, -0.25) is 14.7 Å². The molecule has 0 N–H and O–H groups in total. The quantitative estimate of drug-likeness (QED) is 0.784. The van der Waals surface area contributed by atoms with Crippen LogP contribution >= 0.6 is 11.3 Å².